The van der Waals surface area contributed by atoms with E-state index in [2.05, 4.69) is 5.32 Å². The van der Waals surface area contributed by atoms with Crippen LogP contribution in [0.25, 0.3) is 0 Å². The fraction of sp³-hybridized carbons (Fsp3) is 0.591. The van der Waals surface area contributed by atoms with Crippen molar-refractivity contribution in [3.05, 3.63) is 35.9 Å². The monoisotopic (exact) mass is 544 g/mol. The van der Waals surface area contributed by atoms with Crippen LogP contribution in [0.2, 0.25) is 0 Å². The summed E-state index contributed by atoms with van der Waals surface area (Å²) in [6, 6.07) is 8.94. The Balaban J connectivity index is 1.35. The minimum absolute atomic E-state index is 0.126. The van der Waals surface area contributed by atoms with Gasteiger partial charge >= 0.3 is 190 Å². The maximum absolute atomic E-state index is 13.0. The Morgan fingerprint density at radius 1 is 1.20 bits per heavy atom. The first-order valence-corrected chi connectivity index (χ1v) is 14.6. The normalized spacial score (nSPS) is 26.7. The molecular formula is C22H29IN2O4S. The number of nitrogens with one attached hydrogen (secondary N) is 1. The van der Waals surface area contributed by atoms with Crippen LogP contribution in [0, 0.1) is 5.92 Å². The number of amides is 2. The van der Waals surface area contributed by atoms with Gasteiger partial charge in [-0.25, -0.2) is 0 Å². The summed E-state index contributed by atoms with van der Waals surface area (Å²) >= 11 is -0.879. The molecule has 1 unspecified atom stereocenters. The molecule has 2 saturated heterocycles. The van der Waals surface area contributed by atoms with Gasteiger partial charge in [0.05, 0.1) is 0 Å². The van der Waals surface area contributed by atoms with Crippen molar-refractivity contribution in [1.82, 2.24) is 8.43 Å². The molecule has 1 N–H and O–H groups in total. The number of hydrogen-bond donors (Lipinski definition) is 1. The van der Waals surface area contributed by atoms with Crippen LogP contribution in [-0.4, -0.2) is 39.7 Å². The number of nitrogens with zero attached hydrogens (tertiary/aromatic N) is 1. The Labute approximate surface area is 189 Å². The van der Waals surface area contributed by atoms with Crippen LogP contribution < -0.4 is 5.32 Å². The fourth-order valence-corrected chi connectivity index (χ4v) is 13.6. The Bertz CT molecular complexity index is 813. The number of rotatable bonds is 6. The van der Waals surface area contributed by atoms with Gasteiger partial charge in [-0.15, -0.1) is 0 Å². The quantitative estimate of drug-likeness (QED) is 0.188. The molecule has 30 heavy (non-hydrogen) atoms. The number of hydrogen-bond acceptors (Lipinski definition) is 5. The second-order valence-corrected chi connectivity index (χ2v) is 17.1. The Hall–Kier alpha value is -1.29. The molecule has 1 aromatic rings. The standard InChI is InChI=1S/C22H29IN2O4S/c1-22(2)23(21(28)29-14-16-11-7-4-8-12-16)25-19(27)18(20(25)30-22)24-17(26)13-15-9-5-3-6-10-15/h3,5-6,9-10,16,18,20H,4,7-8,11-14H2,1-2H3,(H,24,26)/t18-,20?/m1/s1. The van der Waals surface area contributed by atoms with E-state index in [0.717, 1.165) is 18.4 Å². The number of carbonyl (C=O) groups excluding carboxylic acids is 3. The topological polar surface area (TPSA) is 75.7 Å². The number of halogens is 1. The molecule has 1 saturated carbocycles. The fourth-order valence-electron chi connectivity index (χ4n) is 4.26. The Morgan fingerprint density at radius 3 is 2.60 bits per heavy atom. The molecule has 2 amide bonds. The predicted octanol–water partition coefficient (Wildman–Crippen LogP) is 4.50. The van der Waals surface area contributed by atoms with Crippen molar-refractivity contribution < 1.29 is 19.1 Å². The summed E-state index contributed by atoms with van der Waals surface area (Å²) in [5, 5.41) is 2.74. The van der Waals surface area contributed by atoms with Gasteiger partial charge in [-0.3, -0.25) is 0 Å². The molecular weight excluding hydrogens is 515 g/mol. The van der Waals surface area contributed by atoms with E-state index in [1.54, 1.807) is 14.9 Å². The van der Waals surface area contributed by atoms with Gasteiger partial charge in [-0.05, 0) is 0 Å². The van der Waals surface area contributed by atoms with E-state index in [4.69, 9.17) is 4.74 Å². The van der Waals surface area contributed by atoms with Crippen molar-refractivity contribution in [2.45, 2.75) is 66.5 Å². The Morgan fingerprint density at radius 2 is 1.90 bits per heavy atom. The van der Waals surface area contributed by atoms with Crippen LogP contribution >= 0.6 is 31.9 Å². The molecule has 0 radical (unpaired) electrons. The third-order valence-electron chi connectivity index (χ3n) is 5.83. The van der Waals surface area contributed by atoms with Crippen molar-refractivity contribution in [1.29, 1.82) is 0 Å². The molecule has 1 aliphatic carbocycles. The summed E-state index contributed by atoms with van der Waals surface area (Å²) in [7, 11) is 0. The van der Waals surface area contributed by atoms with Crippen LogP contribution in [0.1, 0.15) is 51.5 Å². The van der Waals surface area contributed by atoms with E-state index < -0.39 is 26.1 Å². The molecule has 0 bridgehead atoms. The zero-order valence-corrected chi connectivity index (χ0v) is 20.4. The number of alkyl halides is 1. The van der Waals surface area contributed by atoms with Crippen molar-refractivity contribution in [2.75, 3.05) is 6.61 Å². The Kier molecular flexibility index (Phi) is 6.62. The second-order valence-electron chi connectivity index (χ2n) is 8.54. The average Bonchev–Trinajstić information content (AvgIpc) is 2.99. The summed E-state index contributed by atoms with van der Waals surface area (Å²) in [5.41, 5.74) is 0.915. The van der Waals surface area contributed by atoms with E-state index in [0.29, 0.717) is 12.5 Å². The van der Waals surface area contributed by atoms with Gasteiger partial charge in [0.2, 0.25) is 0 Å². The number of β-lactam (4-membered cyclic amide) rings is 1. The van der Waals surface area contributed by atoms with Crippen LogP contribution in [0.5, 0.6) is 0 Å². The number of thioether (sulfide) groups is 1. The van der Waals surface area contributed by atoms with Crippen molar-refractivity contribution >= 4 is 47.6 Å². The van der Waals surface area contributed by atoms with Crippen molar-refractivity contribution in [3.8, 4) is 0 Å². The first kappa shape index (κ1) is 21.9. The van der Waals surface area contributed by atoms with Crippen LogP contribution in [0.15, 0.2) is 30.3 Å². The van der Waals surface area contributed by atoms with E-state index in [9.17, 15) is 14.4 Å². The molecule has 4 rings (SSSR count). The zero-order valence-electron chi connectivity index (χ0n) is 17.4. The van der Waals surface area contributed by atoms with Crippen LogP contribution in [0.3, 0.4) is 0 Å². The summed E-state index contributed by atoms with van der Waals surface area (Å²) < 4.78 is 7.04. The second kappa shape index (κ2) is 9.06. The predicted molar refractivity (Wildman–Crippen MR) is 126 cm³/mol. The molecule has 0 spiro atoms. The number of fused-ring (bicyclic) bond motifs is 1. The SMILES string of the molecule is CC1(C)SC2[C@H](NC(=O)Cc3ccccc3)C(=O)N2I1C(=O)OCC1CCCCC1. The molecule has 2 heterocycles. The van der Waals surface area contributed by atoms with Gasteiger partial charge in [0.25, 0.3) is 0 Å². The molecule has 2 atom stereocenters. The van der Waals surface area contributed by atoms with Crippen molar-refractivity contribution in [2.24, 2.45) is 5.92 Å². The molecule has 0 aromatic heterocycles. The van der Waals surface area contributed by atoms with Gasteiger partial charge in [0.15, 0.2) is 0 Å². The first-order valence-electron chi connectivity index (χ1n) is 10.6. The minimum atomic E-state index is -2.51. The first-order chi connectivity index (χ1) is 14.4. The molecule has 1 aromatic carbocycles. The van der Waals surface area contributed by atoms with Gasteiger partial charge in [-0.1, -0.05) is 0 Å². The molecule has 164 valence electrons. The van der Waals surface area contributed by atoms with E-state index in [1.165, 1.54) is 19.3 Å². The summed E-state index contributed by atoms with van der Waals surface area (Å²) in [6.07, 6.45) is 6.19. The maximum atomic E-state index is 13.0. The summed E-state index contributed by atoms with van der Waals surface area (Å²) in [5.74, 6) is 0.175. The molecule has 6 nitrogen and oxygen atoms in total. The van der Waals surface area contributed by atoms with E-state index >= 15 is 0 Å². The molecule has 3 fully saturated rings. The van der Waals surface area contributed by atoms with Crippen LogP contribution in [0.4, 0.5) is 4.79 Å². The third-order valence-corrected chi connectivity index (χ3v) is 15.0. The summed E-state index contributed by atoms with van der Waals surface area (Å²) in [4.78, 5) is 38.3. The molecule has 3 aliphatic rings. The van der Waals surface area contributed by atoms with Gasteiger partial charge < -0.3 is 0 Å². The summed E-state index contributed by atoms with van der Waals surface area (Å²) in [6.45, 7) is 4.56. The number of carbonyl (C=O) groups is 3. The van der Waals surface area contributed by atoms with E-state index in [1.807, 2.05) is 44.2 Å². The van der Waals surface area contributed by atoms with Gasteiger partial charge in [0.1, 0.15) is 0 Å². The van der Waals surface area contributed by atoms with Crippen LogP contribution in [-0.2, 0) is 20.7 Å². The zero-order chi connectivity index (χ0) is 21.3. The number of benzene rings is 1. The number of ether oxygens (including phenoxy) is 1. The third kappa shape index (κ3) is 4.49. The average molecular weight is 544 g/mol. The van der Waals surface area contributed by atoms with E-state index in [-0.39, 0.29) is 30.3 Å². The molecule has 2 aliphatic heterocycles. The van der Waals surface area contributed by atoms with Gasteiger partial charge in [0, 0.05) is 0 Å². The molecule has 8 heteroatoms. The van der Waals surface area contributed by atoms with Crippen molar-refractivity contribution in [3.63, 3.8) is 0 Å². The van der Waals surface area contributed by atoms with Gasteiger partial charge in [-0.2, -0.15) is 0 Å².